The highest BCUT2D eigenvalue weighted by Crippen LogP contribution is 2.38. The fourth-order valence-corrected chi connectivity index (χ4v) is 3.17. The molecule has 0 spiro atoms. The summed E-state index contributed by atoms with van der Waals surface area (Å²) in [7, 11) is 0. The molecule has 0 aromatic heterocycles. The zero-order chi connectivity index (χ0) is 12.5. The Hall–Kier alpha value is -1.25. The van der Waals surface area contributed by atoms with E-state index in [9.17, 15) is 5.11 Å². The van der Waals surface area contributed by atoms with Crippen LogP contribution in [0.4, 0.5) is 0 Å². The molecule has 0 amide bonds. The fourth-order valence-electron chi connectivity index (χ4n) is 3.17. The smallest absolute Gasteiger partial charge is 0.123 e. The van der Waals surface area contributed by atoms with Crippen LogP contribution in [0.25, 0.3) is 10.8 Å². The highest BCUT2D eigenvalue weighted by Gasteiger charge is 2.24. The third-order valence-electron chi connectivity index (χ3n) is 4.20. The number of halogens is 1. The molecule has 1 fully saturated rings. The van der Waals surface area contributed by atoms with E-state index >= 15 is 0 Å². The number of nitrogens with two attached hydrogens (primary N) is 1. The molecule has 102 valence electrons. The van der Waals surface area contributed by atoms with E-state index < -0.39 is 0 Å². The van der Waals surface area contributed by atoms with E-state index in [0.29, 0.717) is 11.7 Å². The van der Waals surface area contributed by atoms with Gasteiger partial charge in [-0.15, -0.1) is 12.4 Å². The molecule has 1 atom stereocenters. The molecule has 0 radical (unpaired) electrons. The zero-order valence-electron chi connectivity index (χ0n) is 10.9. The van der Waals surface area contributed by atoms with Crippen LogP contribution in [0.2, 0.25) is 0 Å². The molecule has 2 aromatic rings. The lowest BCUT2D eigenvalue weighted by molar-refractivity contribution is 0.446. The Morgan fingerprint density at radius 3 is 2.32 bits per heavy atom. The van der Waals surface area contributed by atoms with Gasteiger partial charge >= 0.3 is 0 Å². The Morgan fingerprint density at radius 1 is 1.00 bits per heavy atom. The van der Waals surface area contributed by atoms with Crippen LogP contribution in [0.1, 0.15) is 37.3 Å². The van der Waals surface area contributed by atoms with E-state index in [4.69, 9.17) is 5.73 Å². The van der Waals surface area contributed by atoms with Gasteiger partial charge in [-0.3, -0.25) is 0 Å². The molecular weight excluding hydrogens is 258 g/mol. The normalized spacial score (nSPS) is 17.3. The quantitative estimate of drug-likeness (QED) is 0.866. The molecule has 0 unspecified atom stereocenters. The molecule has 2 aromatic carbocycles. The minimum atomic E-state index is 0. The fraction of sp³-hybridized carbons (Fsp3) is 0.375. The first kappa shape index (κ1) is 14.2. The molecular formula is C16H20ClNO. The van der Waals surface area contributed by atoms with E-state index in [1.807, 2.05) is 24.3 Å². The van der Waals surface area contributed by atoms with Gasteiger partial charge in [0.2, 0.25) is 0 Å². The Kier molecular flexibility index (Phi) is 4.33. The number of phenolic OH excluding ortho intramolecular Hbond substituents is 1. The first-order valence-corrected chi connectivity index (χ1v) is 6.73. The summed E-state index contributed by atoms with van der Waals surface area (Å²) in [5.74, 6) is 0.936. The number of aromatic hydroxyl groups is 1. The van der Waals surface area contributed by atoms with Crippen molar-refractivity contribution < 1.29 is 5.11 Å². The molecule has 3 rings (SSSR count). The van der Waals surface area contributed by atoms with Crippen LogP contribution >= 0.6 is 12.4 Å². The molecule has 1 aliphatic carbocycles. The van der Waals surface area contributed by atoms with Crippen LogP contribution in [0.3, 0.4) is 0 Å². The molecule has 0 bridgehead atoms. The molecule has 0 aliphatic heterocycles. The summed E-state index contributed by atoms with van der Waals surface area (Å²) in [6.07, 6.45) is 5.06. The van der Waals surface area contributed by atoms with Crippen LogP contribution in [-0.4, -0.2) is 5.11 Å². The maximum Gasteiger partial charge on any atom is 0.123 e. The van der Waals surface area contributed by atoms with Crippen LogP contribution < -0.4 is 5.73 Å². The molecule has 3 heteroatoms. The van der Waals surface area contributed by atoms with Crippen LogP contribution in [0.5, 0.6) is 5.75 Å². The standard InChI is InChI=1S/C16H19NO.ClH/c17-16(11-5-1-2-6-11)14-9-10-15(18)13-8-4-3-7-12(13)14;/h3-4,7-11,16,18H,1-2,5-6,17H2;1H/t16-;/m1./s1. The van der Waals surface area contributed by atoms with Gasteiger partial charge in [-0.25, -0.2) is 0 Å². The number of rotatable bonds is 2. The van der Waals surface area contributed by atoms with Gasteiger partial charge in [0.25, 0.3) is 0 Å². The van der Waals surface area contributed by atoms with Crippen molar-refractivity contribution in [2.24, 2.45) is 11.7 Å². The lowest BCUT2D eigenvalue weighted by Gasteiger charge is -2.21. The van der Waals surface area contributed by atoms with Gasteiger partial charge in [-0.05, 0) is 35.8 Å². The first-order valence-electron chi connectivity index (χ1n) is 6.73. The Bertz CT molecular complexity index is 564. The van der Waals surface area contributed by atoms with Crippen molar-refractivity contribution in [3.8, 4) is 5.75 Å². The lowest BCUT2D eigenvalue weighted by Crippen LogP contribution is -2.19. The van der Waals surface area contributed by atoms with E-state index in [0.717, 1.165) is 10.8 Å². The third kappa shape index (κ3) is 2.56. The highest BCUT2D eigenvalue weighted by atomic mass is 35.5. The summed E-state index contributed by atoms with van der Waals surface area (Å²) in [5.41, 5.74) is 7.61. The molecule has 3 N–H and O–H groups in total. The Morgan fingerprint density at radius 2 is 1.63 bits per heavy atom. The average Bonchev–Trinajstić information content (AvgIpc) is 2.93. The van der Waals surface area contributed by atoms with Crippen molar-refractivity contribution in [1.82, 2.24) is 0 Å². The molecule has 0 saturated heterocycles. The average molecular weight is 278 g/mol. The SMILES string of the molecule is Cl.N[C@@H](c1ccc(O)c2ccccc12)C1CCCC1. The maximum absolute atomic E-state index is 9.90. The summed E-state index contributed by atoms with van der Waals surface area (Å²) < 4.78 is 0. The second-order valence-corrected chi connectivity index (χ2v) is 5.29. The number of hydrogen-bond acceptors (Lipinski definition) is 2. The third-order valence-corrected chi connectivity index (χ3v) is 4.20. The van der Waals surface area contributed by atoms with E-state index in [2.05, 4.69) is 6.07 Å². The van der Waals surface area contributed by atoms with Crippen LogP contribution in [0.15, 0.2) is 36.4 Å². The molecule has 1 aliphatic rings. The lowest BCUT2D eigenvalue weighted by atomic mass is 9.89. The number of benzene rings is 2. The Balaban J connectivity index is 0.00000133. The number of hydrogen-bond donors (Lipinski definition) is 2. The van der Waals surface area contributed by atoms with Gasteiger partial charge in [0.05, 0.1) is 0 Å². The van der Waals surface area contributed by atoms with E-state index in [1.54, 1.807) is 6.07 Å². The first-order chi connectivity index (χ1) is 8.77. The van der Waals surface area contributed by atoms with Gasteiger partial charge < -0.3 is 10.8 Å². The van der Waals surface area contributed by atoms with Crippen molar-refractivity contribution in [2.75, 3.05) is 0 Å². The van der Waals surface area contributed by atoms with E-state index in [1.165, 1.54) is 31.2 Å². The molecule has 2 nitrogen and oxygen atoms in total. The topological polar surface area (TPSA) is 46.2 Å². The summed E-state index contributed by atoms with van der Waals surface area (Å²) in [6.45, 7) is 0. The predicted molar refractivity (Wildman–Crippen MR) is 81.7 cm³/mol. The number of fused-ring (bicyclic) bond motifs is 1. The highest BCUT2D eigenvalue weighted by molar-refractivity contribution is 5.91. The van der Waals surface area contributed by atoms with Gasteiger partial charge in [0.15, 0.2) is 0 Å². The molecule has 19 heavy (non-hydrogen) atoms. The van der Waals surface area contributed by atoms with Crippen molar-refractivity contribution in [1.29, 1.82) is 0 Å². The van der Waals surface area contributed by atoms with Crippen LogP contribution in [-0.2, 0) is 0 Å². The van der Waals surface area contributed by atoms with Crippen molar-refractivity contribution in [3.63, 3.8) is 0 Å². The van der Waals surface area contributed by atoms with Crippen molar-refractivity contribution in [2.45, 2.75) is 31.7 Å². The van der Waals surface area contributed by atoms with Crippen molar-refractivity contribution in [3.05, 3.63) is 42.0 Å². The van der Waals surface area contributed by atoms with Crippen molar-refractivity contribution >= 4 is 23.2 Å². The monoisotopic (exact) mass is 277 g/mol. The van der Waals surface area contributed by atoms with Gasteiger partial charge in [-0.1, -0.05) is 43.2 Å². The Labute approximate surface area is 120 Å². The predicted octanol–water partition coefficient (Wildman–Crippen LogP) is 4.16. The largest absolute Gasteiger partial charge is 0.507 e. The zero-order valence-corrected chi connectivity index (χ0v) is 11.7. The minimum absolute atomic E-state index is 0. The van der Waals surface area contributed by atoms with Crippen LogP contribution in [0, 0.1) is 5.92 Å². The van der Waals surface area contributed by atoms with Gasteiger partial charge in [0.1, 0.15) is 5.75 Å². The van der Waals surface area contributed by atoms with Gasteiger partial charge in [0, 0.05) is 11.4 Å². The molecule has 0 heterocycles. The molecule has 1 saturated carbocycles. The van der Waals surface area contributed by atoms with Gasteiger partial charge in [-0.2, -0.15) is 0 Å². The summed E-state index contributed by atoms with van der Waals surface area (Å²) in [6, 6.07) is 11.8. The second kappa shape index (κ2) is 5.81. The minimum Gasteiger partial charge on any atom is -0.507 e. The summed E-state index contributed by atoms with van der Waals surface area (Å²) in [4.78, 5) is 0. The van der Waals surface area contributed by atoms with E-state index in [-0.39, 0.29) is 18.4 Å². The second-order valence-electron chi connectivity index (χ2n) is 5.29. The summed E-state index contributed by atoms with van der Waals surface area (Å²) >= 11 is 0. The number of phenols is 1. The maximum atomic E-state index is 9.90. The summed E-state index contributed by atoms with van der Waals surface area (Å²) in [5, 5.41) is 11.9.